The Morgan fingerprint density at radius 1 is 1.50 bits per heavy atom. The van der Waals surface area contributed by atoms with Gasteiger partial charge < -0.3 is 9.84 Å². The lowest BCUT2D eigenvalue weighted by atomic mass is 10.2. The fourth-order valence-electron chi connectivity index (χ4n) is 1.49. The summed E-state index contributed by atoms with van der Waals surface area (Å²) in [7, 11) is 0. The molecule has 1 N–H and O–H groups in total. The maximum absolute atomic E-state index is 9.89. The van der Waals surface area contributed by atoms with E-state index in [0.29, 0.717) is 18.1 Å². The standard InChI is InChI=1S/C11H13NO2/c1-8-4-2-5-9(12-8)11(13)10-6-3-7-14-10/h2,4-6,11,13H,3,7H2,1H3. The minimum absolute atomic E-state index is 0.628. The van der Waals surface area contributed by atoms with Crippen molar-refractivity contribution in [3.63, 3.8) is 0 Å². The van der Waals surface area contributed by atoms with Gasteiger partial charge in [-0.3, -0.25) is 4.98 Å². The van der Waals surface area contributed by atoms with Crippen LogP contribution in [0.2, 0.25) is 0 Å². The van der Waals surface area contributed by atoms with Crippen LogP contribution < -0.4 is 0 Å². The van der Waals surface area contributed by atoms with Crippen LogP contribution in [0.25, 0.3) is 0 Å². The molecule has 1 unspecified atom stereocenters. The van der Waals surface area contributed by atoms with Crippen molar-refractivity contribution in [2.24, 2.45) is 0 Å². The number of ether oxygens (including phenoxy) is 1. The lowest BCUT2D eigenvalue weighted by molar-refractivity contribution is 0.116. The van der Waals surface area contributed by atoms with Crippen LogP contribution in [-0.4, -0.2) is 16.7 Å². The van der Waals surface area contributed by atoms with Gasteiger partial charge in [0.05, 0.1) is 12.3 Å². The second kappa shape index (κ2) is 3.80. The molecule has 0 aromatic carbocycles. The van der Waals surface area contributed by atoms with Gasteiger partial charge in [-0.1, -0.05) is 6.07 Å². The SMILES string of the molecule is Cc1cccc(C(O)C2=CCCO2)n1. The Bertz CT molecular complexity index is 360. The Labute approximate surface area is 83.1 Å². The van der Waals surface area contributed by atoms with Gasteiger partial charge in [0.25, 0.3) is 0 Å². The molecule has 2 rings (SSSR count). The highest BCUT2D eigenvalue weighted by atomic mass is 16.5. The van der Waals surface area contributed by atoms with Gasteiger partial charge in [-0.05, 0) is 25.1 Å². The lowest BCUT2D eigenvalue weighted by Gasteiger charge is -2.11. The number of nitrogens with zero attached hydrogens (tertiary/aromatic N) is 1. The zero-order chi connectivity index (χ0) is 9.97. The van der Waals surface area contributed by atoms with Crippen LogP contribution in [0.15, 0.2) is 30.0 Å². The highest BCUT2D eigenvalue weighted by Gasteiger charge is 2.18. The summed E-state index contributed by atoms with van der Waals surface area (Å²) in [5.74, 6) is 0.628. The smallest absolute Gasteiger partial charge is 0.152 e. The van der Waals surface area contributed by atoms with Crippen LogP contribution in [0.5, 0.6) is 0 Å². The molecular weight excluding hydrogens is 178 g/mol. The summed E-state index contributed by atoms with van der Waals surface area (Å²) in [5, 5.41) is 9.89. The monoisotopic (exact) mass is 191 g/mol. The van der Waals surface area contributed by atoms with Crippen molar-refractivity contribution in [1.82, 2.24) is 4.98 Å². The Morgan fingerprint density at radius 2 is 2.36 bits per heavy atom. The Kier molecular flexibility index (Phi) is 2.50. The zero-order valence-corrected chi connectivity index (χ0v) is 8.10. The van der Waals surface area contributed by atoms with Crippen LogP contribution in [0.3, 0.4) is 0 Å². The number of aromatic nitrogens is 1. The average molecular weight is 191 g/mol. The second-order valence-electron chi connectivity index (χ2n) is 3.35. The molecule has 1 aliphatic rings. The highest BCUT2D eigenvalue weighted by Crippen LogP contribution is 2.24. The van der Waals surface area contributed by atoms with Crippen molar-refractivity contribution in [1.29, 1.82) is 0 Å². The third-order valence-corrected chi connectivity index (χ3v) is 2.19. The fourth-order valence-corrected chi connectivity index (χ4v) is 1.49. The van der Waals surface area contributed by atoms with E-state index in [4.69, 9.17) is 4.74 Å². The van der Waals surface area contributed by atoms with E-state index in [0.717, 1.165) is 12.1 Å². The number of hydrogen-bond acceptors (Lipinski definition) is 3. The van der Waals surface area contributed by atoms with Crippen molar-refractivity contribution < 1.29 is 9.84 Å². The molecule has 0 amide bonds. The minimum atomic E-state index is -0.711. The Balaban J connectivity index is 2.22. The first-order valence-corrected chi connectivity index (χ1v) is 4.72. The summed E-state index contributed by atoms with van der Waals surface area (Å²) < 4.78 is 5.28. The number of rotatable bonds is 2. The maximum Gasteiger partial charge on any atom is 0.152 e. The van der Waals surface area contributed by atoms with Gasteiger partial charge in [-0.15, -0.1) is 0 Å². The zero-order valence-electron chi connectivity index (χ0n) is 8.10. The molecule has 1 aromatic rings. The molecular formula is C11H13NO2. The normalized spacial score (nSPS) is 17.4. The number of hydrogen-bond donors (Lipinski definition) is 1. The van der Waals surface area contributed by atoms with E-state index in [1.807, 2.05) is 25.1 Å². The molecule has 0 aliphatic carbocycles. The van der Waals surface area contributed by atoms with E-state index in [-0.39, 0.29) is 0 Å². The quantitative estimate of drug-likeness (QED) is 0.774. The van der Waals surface area contributed by atoms with E-state index in [1.54, 1.807) is 6.07 Å². The molecule has 1 atom stereocenters. The molecule has 14 heavy (non-hydrogen) atoms. The molecule has 74 valence electrons. The van der Waals surface area contributed by atoms with Crippen LogP contribution in [0, 0.1) is 6.92 Å². The fraction of sp³-hybridized carbons (Fsp3) is 0.364. The molecule has 2 heterocycles. The minimum Gasteiger partial charge on any atom is -0.495 e. The van der Waals surface area contributed by atoms with Crippen LogP contribution >= 0.6 is 0 Å². The Hall–Kier alpha value is -1.35. The molecule has 1 aliphatic heterocycles. The van der Waals surface area contributed by atoms with Crippen LogP contribution in [-0.2, 0) is 4.74 Å². The molecule has 0 saturated carbocycles. The first-order valence-electron chi connectivity index (χ1n) is 4.72. The largest absolute Gasteiger partial charge is 0.495 e. The third kappa shape index (κ3) is 1.77. The topological polar surface area (TPSA) is 42.4 Å². The van der Waals surface area contributed by atoms with Crippen molar-refractivity contribution in [3.05, 3.63) is 41.4 Å². The van der Waals surface area contributed by atoms with E-state index in [2.05, 4.69) is 4.98 Å². The van der Waals surface area contributed by atoms with E-state index in [1.165, 1.54) is 0 Å². The van der Waals surface area contributed by atoms with Gasteiger partial charge >= 0.3 is 0 Å². The summed E-state index contributed by atoms with van der Waals surface area (Å²) in [5.41, 5.74) is 1.55. The highest BCUT2D eigenvalue weighted by molar-refractivity contribution is 5.19. The molecule has 3 heteroatoms. The summed E-state index contributed by atoms with van der Waals surface area (Å²) in [6.07, 6.45) is 2.07. The van der Waals surface area contributed by atoms with Gasteiger partial charge in [0.15, 0.2) is 6.10 Å². The van der Waals surface area contributed by atoms with Crippen molar-refractivity contribution >= 4 is 0 Å². The summed E-state index contributed by atoms with van der Waals surface area (Å²) in [6, 6.07) is 5.59. The van der Waals surface area contributed by atoms with Crippen molar-refractivity contribution in [3.8, 4) is 0 Å². The number of aliphatic hydroxyl groups excluding tert-OH is 1. The van der Waals surface area contributed by atoms with Crippen LogP contribution in [0.1, 0.15) is 23.9 Å². The van der Waals surface area contributed by atoms with Crippen molar-refractivity contribution in [2.75, 3.05) is 6.61 Å². The molecule has 0 radical (unpaired) electrons. The molecule has 0 spiro atoms. The average Bonchev–Trinajstić information content (AvgIpc) is 2.69. The van der Waals surface area contributed by atoms with Crippen LogP contribution in [0.4, 0.5) is 0 Å². The summed E-state index contributed by atoms with van der Waals surface area (Å²) in [6.45, 7) is 2.57. The molecule has 0 saturated heterocycles. The summed E-state index contributed by atoms with van der Waals surface area (Å²) in [4.78, 5) is 4.25. The Morgan fingerprint density at radius 3 is 3.00 bits per heavy atom. The molecule has 3 nitrogen and oxygen atoms in total. The first kappa shape index (κ1) is 9.21. The first-order chi connectivity index (χ1) is 6.77. The summed E-state index contributed by atoms with van der Waals surface area (Å²) >= 11 is 0. The second-order valence-corrected chi connectivity index (χ2v) is 3.35. The van der Waals surface area contributed by atoms with Gasteiger partial charge in [0, 0.05) is 12.1 Å². The van der Waals surface area contributed by atoms with Gasteiger partial charge in [0.1, 0.15) is 5.76 Å². The van der Waals surface area contributed by atoms with E-state index < -0.39 is 6.10 Å². The predicted octanol–water partition coefficient (Wildman–Crippen LogP) is 1.73. The lowest BCUT2D eigenvalue weighted by Crippen LogP contribution is -2.05. The predicted molar refractivity (Wildman–Crippen MR) is 52.6 cm³/mol. The molecule has 0 bridgehead atoms. The number of aryl methyl sites for hydroxylation is 1. The van der Waals surface area contributed by atoms with Crippen molar-refractivity contribution in [2.45, 2.75) is 19.4 Å². The van der Waals surface area contributed by atoms with Gasteiger partial charge in [0.2, 0.25) is 0 Å². The van der Waals surface area contributed by atoms with E-state index >= 15 is 0 Å². The van der Waals surface area contributed by atoms with Gasteiger partial charge in [-0.25, -0.2) is 0 Å². The third-order valence-electron chi connectivity index (χ3n) is 2.19. The van der Waals surface area contributed by atoms with Gasteiger partial charge in [-0.2, -0.15) is 0 Å². The molecule has 1 aromatic heterocycles. The molecule has 0 fully saturated rings. The number of aliphatic hydroxyl groups is 1. The maximum atomic E-state index is 9.89. The number of pyridine rings is 1. The van der Waals surface area contributed by atoms with E-state index in [9.17, 15) is 5.11 Å².